The minimum atomic E-state index is -1.02. The average Bonchev–Trinajstić information content (AvgIpc) is 2.98. The van der Waals surface area contributed by atoms with E-state index < -0.39 is 24.5 Å². The maximum Gasteiger partial charge on any atom is 0.408 e. The van der Waals surface area contributed by atoms with Crippen molar-refractivity contribution in [1.29, 1.82) is 0 Å². The van der Waals surface area contributed by atoms with Gasteiger partial charge >= 0.3 is 6.09 Å². The maximum atomic E-state index is 12.5. The Bertz CT molecular complexity index is 608. The molecule has 2 unspecified atom stereocenters. The summed E-state index contributed by atoms with van der Waals surface area (Å²) in [5, 5.41) is 15.6. The number of aliphatic hydroxyl groups excluding tert-OH is 1. The van der Waals surface area contributed by atoms with E-state index in [9.17, 15) is 14.7 Å². The summed E-state index contributed by atoms with van der Waals surface area (Å²) in [4.78, 5) is 24.5. The van der Waals surface area contributed by atoms with Crippen molar-refractivity contribution in [2.24, 2.45) is 5.92 Å². The molecule has 2 amide bonds. The fourth-order valence-corrected chi connectivity index (χ4v) is 2.74. The molecule has 1 aromatic carbocycles. The second kappa shape index (κ2) is 9.75. The van der Waals surface area contributed by atoms with E-state index in [1.54, 1.807) is 24.3 Å². The average molecular weight is 385 g/mol. The summed E-state index contributed by atoms with van der Waals surface area (Å²) in [6.07, 6.45) is -0.715. The molecule has 2 rings (SSSR count). The fourth-order valence-electron chi connectivity index (χ4n) is 2.62. The number of hydrogen-bond donors (Lipinski definition) is 3. The zero-order valence-electron chi connectivity index (χ0n) is 14.9. The molecule has 3 atom stereocenters. The van der Waals surface area contributed by atoms with Gasteiger partial charge in [-0.15, -0.1) is 0 Å². The molecule has 0 bridgehead atoms. The van der Waals surface area contributed by atoms with Gasteiger partial charge < -0.3 is 25.2 Å². The van der Waals surface area contributed by atoms with Crippen LogP contribution in [0, 0.1) is 5.92 Å². The number of alkyl carbamates (subject to hydrolysis) is 1. The number of aliphatic hydroxyl groups is 1. The Morgan fingerprint density at radius 3 is 2.62 bits per heavy atom. The normalized spacial score (nSPS) is 20.7. The molecule has 0 aliphatic carbocycles. The summed E-state index contributed by atoms with van der Waals surface area (Å²) in [6, 6.07) is 5.72. The Labute approximate surface area is 158 Å². The highest BCUT2D eigenvalue weighted by Gasteiger charge is 2.31. The molecule has 3 N–H and O–H groups in total. The first-order valence-electron chi connectivity index (χ1n) is 8.63. The van der Waals surface area contributed by atoms with E-state index in [-0.39, 0.29) is 18.4 Å². The SMILES string of the molecule is CC(C)CC(NC(=O)OCc1ccc(Cl)cc1)C(=O)N[C@H]1CCOC1O. The topological polar surface area (TPSA) is 96.9 Å². The number of amides is 2. The van der Waals surface area contributed by atoms with Crippen LogP contribution >= 0.6 is 11.6 Å². The lowest BCUT2D eigenvalue weighted by Crippen LogP contribution is -2.51. The second-order valence-corrected chi connectivity index (χ2v) is 7.13. The zero-order chi connectivity index (χ0) is 19.1. The standard InChI is InChI=1S/C18H25ClN2O5/c1-11(2)9-15(16(22)20-14-7-8-25-17(14)23)21-18(24)26-10-12-3-5-13(19)6-4-12/h3-6,11,14-15,17,23H,7-10H2,1-2H3,(H,20,22)(H,21,24)/t14-,15?,17?/m0/s1. The summed E-state index contributed by atoms with van der Waals surface area (Å²) in [5.74, 6) is -0.177. The molecule has 7 nitrogen and oxygen atoms in total. The third-order valence-electron chi connectivity index (χ3n) is 3.99. The lowest BCUT2D eigenvalue weighted by Gasteiger charge is -2.23. The monoisotopic (exact) mass is 384 g/mol. The van der Waals surface area contributed by atoms with E-state index in [1.165, 1.54) is 0 Å². The lowest BCUT2D eigenvalue weighted by atomic mass is 10.0. The summed E-state index contributed by atoms with van der Waals surface area (Å²) in [5.41, 5.74) is 0.792. The van der Waals surface area contributed by atoms with Gasteiger partial charge in [0.25, 0.3) is 0 Å². The summed E-state index contributed by atoms with van der Waals surface area (Å²) in [6.45, 7) is 4.37. The van der Waals surface area contributed by atoms with Crippen LogP contribution in [0.25, 0.3) is 0 Å². The summed E-state index contributed by atoms with van der Waals surface area (Å²) >= 11 is 5.82. The molecule has 26 heavy (non-hydrogen) atoms. The zero-order valence-corrected chi connectivity index (χ0v) is 15.7. The van der Waals surface area contributed by atoms with Crippen molar-refractivity contribution in [3.8, 4) is 0 Å². The molecule has 1 aromatic rings. The van der Waals surface area contributed by atoms with E-state index in [1.807, 2.05) is 13.8 Å². The van der Waals surface area contributed by atoms with E-state index >= 15 is 0 Å². The van der Waals surface area contributed by atoms with Gasteiger partial charge in [-0.2, -0.15) is 0 Å². The van der Waals surface area contributed by atoms with Crippen molar-refractivity contribution in [2.45, 2.75) is 51.7 Å². The Kier molecular flexibility index (Phi) is 7.68. The van der Waals surface area contributed by atoms with Gasteiger partial charge in [0.05, 0.1) is 12.6 Å². The third-order valence-corrected chi connectivity index (χ3v) is 4.24. The highest BCUT2D eigenvalue weighted by atomic mass is 35.5. The molecule has 1 heterocycles. The first-order valence-corrected chi connectivity index (χ1v) is 9.00. The molecule has 1 aliphatic rings. The maximum absolute atomic E-state index is 12.5. The fraction of sp³-hybridized carbons (Fsp3) is 0.556. The molecular formula is C18H25ClN2O5. The van der Waals surface area contributed by atoms with Gasteiger partial charge in [-0.3, -0.25) is 4.79 Å². The minimum absolute atomic E-state index is 0.0776. The van der Waals surface area contributed by atoms with Crippen LogP contribution in [0.4, 0.5) is 4.79 Å². The van der Waals surface area contributed by atoms with Crippen LogP contribution in [0.15, 0.2) is 24.3 Å². The smallest absolute Gasteiger partial charge is 0.408 e. The number of halogens is 1. The number of ether oxygens (including phenoxy) is 2. The van der Waals surface area contributed by atoms with Crippen molar-refractivity contribution >= 4 is 23.6 Å². The number of nitrogens with one attached hydrogen (secondary N) is 2. The van der Waals surface area contributed by atoms with Crippen molar-refractivity contribution in [1.82, 2.24) is 10.6 Å². The van der Waals surface area contributed by atoms with Gasteiger partial charge in [0, 0.05) is 5.02 Å². The largest absolute Gasteiger partial charge is 0.445 e. The predicted octanol–water partition coefficient (Wildman–Crippen LogP) is 2.20. The predicted molar refractivity (Wildman–Crippen MR) is 96.5 cm³/mol. The Morgan fingerprint density at radius 1 is 1.35 bits per heavy atom. The number of benzene rings is 1. The Balaban J connectivity index is 1.87. The van der Waals surface area contributed by atoms with Crippen molar-refractivity contribution in [2.75, 3.05) is 6.61 Å². The van der Waals surface area contributed by atoms with Gasteiger partial charge in [-0.25, -0.2) is 4.79 Å². The molecule has 1 fully saturated rings. The first kappa shape index (κ1) is 20.5. The lowest BCUT2D eigenvalue weighted by molar-refractivity contribution is -0.127. The van der Waals surface area contributed by atoms with Gasteiger partial charge in [-0.05, 0) is 36.5 Å². The number of carbonyl (C=O) groups excluding carboxylic acids is 2. The van der Waals surface area contributed by atoms with Crippen LogP contribution in [0.2, 0.25) is 5.02 Å². The van der Waals surface area contributed by atoms with Crippen LogP contribution in [-0.2, 0) is 20.9 Å². The van der Waals surface area contributed by atoms with Crippen LogP contribution in [0.5, 0.6) is 0 Å². The highest BCUT2D eigenvalue weighted by Crippen LogP contribution is 2.13. The van der Waals surface area contributed by atoms with E-state index in [4.69, 9.17) is 21.1 Å². The van der Waals surface area contributed by atoms with E-state index in [0.717, 1.165) is 5.56 Å². The number of rotatable bonds is 7. The van der Waals surface area contributed by atoms with Crippen molar-refractivity contribution < 1.29 is 24.2 Å². The minimum Gasteiger partial charge on any atom is -0.445 e. The molecule has 1 saturated heterocycles. The molecule has 0 saturated carbocycles. The van der Waals surface area contributed by atoms with Crippen LogP contribution < -0.4 is 10.6 Å². The van der Waals surface area contributed by atoms with Gasteiger partial charge in [0.2, 0.25) is 5.91 Å². The van der Waals surface area contributed by atoms with Crippen molar-refractivity contribution in [3.63, 3.8) is 0 Å². The van der Waals surface area contributed by atoms with E-state index in [0.29, 0.717) is 24.5 Å². The summed E-state index contributed by atoms with van der Waals surface area (Å²) < 4.78 is 10.2. The van der Waals surface area contributed by atoms with Crippen molar-refractivity contribution in [3.05, 3.63) is 34.9 Å². The van der Waals surface area contributed by atoms with Crippen LogP contribution in [-0.4, -0.2) is 42.1 Å². The molecular weight excluding hydrogens is 360 g/mol. The molecule has 8 heteroatoms. The van der Waals surface area contributed by atoms with Gasteiger partial charge in [0.15, 0.2) is 6.29 Å². The van der Waals surface area contributed by atoms with Gasteiger partial charge in [-0.1, -0.05) is 37.6 Å². The summed E-state index contributed by atoms with van der Waals surface area (Å²) in [7, 11) is 0. The Morgan fingerprint density at radius 2 is 2.04 bits per heavy atom. The third kappa shape index (κ3) is 6.48. The molecule has 0 radical (unpaired) electrons. The van der Waals surface area contributed by atoms with Crippen LogP contribution in [0.3, 0.4) is 0 Å². The van der Waals surface area contributed by atoms with E-state index in [2.05, 4.69) is 10.6 Å². The molecule has 144 valence electrons. The first-order chi connectivity index (χ1) is 12.3. The van der Waals surface area contributed by atoms with Gasteiger partial charge in [0.1, 0.15) is 12.6 Å². The number of hydrogen-bond acceptors (Lipinski definition) is 5. The quantitative estimate of drug-likeness (QED) is 0.669. The molecule has 0 spiro atoms. The highest BCUT2D eigenvalue weighted by molar-refractivity contribution is 6.30. The molecule has 1 aliphatic heterocycles. The second-order valence-electron chi connectivity index (χ2n) is 6.69. The Hall–Kier alpha value is -1.83. The van der Waals surface area contributed by atoms with Crippen LogP contribution in [0.1, 0.15) is 32.3 Å². The number of carbonyl (C=O) groups is 2. The molecule has 0 aromatic heterocycles.